The zero-order chi connectivity index (χ0) is 16.5. The predicted octanol–water partition coefficient (Wildman–Crippen LogP) is 2.44. The van der Waals surface area contributed by atoms with Gasteiger partial charge in [-0.1, -0.05) is 18.2 Å². The molecular formula is C19H19N3O2. The molecule has 1 aliphatic carbocycles. The number of rotatable bonds is 2. The van der Waals surface area contributed by atoms with Crippen molar-refractivity contribution in [3.8, 4) is 0 Å². The highest BCUT2D eigenvalue weighted by atomic mass is 16.5. The molecule has 2 heterocycles. The van der Waals surface area contributed by atoms with E-state index in [0.29, 0.717) is 19.6 Å². The van der Waals surface area contributed by atoms with Crippen LogP contribution in [-0.2, 0) is 11.2 Å². The summed E-state index contributed by atoms with van der Waals surface area (Å²) < 4.78 is 5.34. The van der Waals surface area contributed by atoms with Crippen LogP contribution in [0.2, 0.25) is 0 Å². The largest absolute Gasteiger partial charge is 0.378 e. The van der Waals surface area contributed by atoms with Gasteiger partial charge in [-0.05, 0) is 24.1 Å². The molecule has 0 atom stereocenters. The lowest BCUT2D eigenvalue weighted by Gasteiger charge is -2.26. The number of aromatic nitrogens is 2. The van der Waals surface area contributed by atoms with E-state index >= 15 is 0 Å². The van der Waals surface area contributed by atoms with Crippen molar-refractivity contribution in [2.45, 2.75) is 13.3 Å². The Labute approximate surface area is 141 Å². The van der Waals surface area contributed by atoms with Crippen molar-refractivity contribution in [2.75, 3.05) is 31.2 Å². The highest BCUT2D eigenvalue weighted by Gasteiger charge is 2.25. The Bertz CT molecular complexity index is 806. The quantitative estimate of drug-likeness (QED) is 0.795. The molecule has 0 saturated carbocycles. The van der Waals surface area contributed by atoms with Crippen LogP contribution in [0, 0.1) is 6.92 Å². The van der Waals surface area contributed by atoms with Crippen molar-refractivity contribution in [3.05, 3.63) is 58.4 Å². The number of hydrogen-bond acceptors (Lipinski definition) is 5. The van der Waals surface area contributed by atoms with Crippen molar-refractivity contribution in [3.63, 3.8) is 0 Å². The normalized spacial score (nSPS) is 19.0. The minimum absolute atomic E-state index is 0.117. The van der Waals surface area contributed by atoms with Gasteiger partial charge >= 0.3 is 0 Å². The number of fused-ring (bicyclic) bond motifs is 1. The Kier molecular flexibility index (Phi) is 3.86. The van der Waals surface area contributed by atoms with Gasteiger partial charge in [0.1, 0.15) is 0 Å². The molecule has 0 unspecified atom stereocenters. The van der Waals surface area contributed by atoms with Gasteiger partial charge in [-0.25, -0.2) is 9.97 Å². The fourth-order valence-corrected chi connectivity index (χ4v) is 3.24. The molecule has 1 fully saturated rings. The third-order valence-corrected chi connectivity index (χ3v) is 4.61. The number of ketones is 1. The van der Waals surface area contributed by atoms with E-state index in [0.717, 1.165) is 41.3 Å². The second-order valence-electron chi connectivity index (χ2n) is 6.19. The molecule has 0 radical (unpaired) electrons. The molecule has 1 aromatic carbocycles. The Morgan fingerprint density at radius 3 is 2.62 bits per heavy atom. The number of nitrogens with zero attached hydrogens (tertiary/aromatic N) is 3. The second-order valence-corrected chi connectivity index (χ2v) is 6.19. The summed E-state index contributed by atoms with van der Waals surface area (Å²) in [5.41, 5.74) is 4.80. The molecule has 4 rings (SSSR count). The van der Waals surface area contributed by atoms with Gasteiger partial charge in [0.05, 0.1) is 13.2 Å². The molecule has 1 aromatic heterocycles. The average Bonchev–Trinajstić information content (AvgIpc) is 2.94. The summed E-state index contributed by atoms with van der Waals surface area (Å²) in [7, 11) is 0. The summed E-state index contributed by atoms with van der Waals surface area (Å²) in [6, 6.07) is 5.90. The van der Waals surface area contributed by atoms with E-state index in [1.165, 1.54) is 5.56 Å². The maximum atomic E-state index is 12.5. The third-order valence-electron chi connectivity index (χ3n) is 4.61. The van der Waals surface area contributed by atoms with Crippen LogP contribution in [0.5, 0.6) is 0 Å². The number of allylic oxidation sites excluding steroid dienone is 1. The Morgan fingerprint density at radius 2 is 1.92 bits per heavy atom. The van der Waals surface area contributed by atoms with Crippen molar-refractivity contribution in [2.24, 2.45) is 0 Å². The van der Waals surface area contributed by atoms with E-state index in [-0.39, 0.29) is 5.78 Å². The van der Waals surface area contributed by atoms with Crippen LogP contribution >= 0.6 is 0 Å². The van der Waals surface area contributed by atoms with Crippen LogP contribution in [0.25, 0.3) is 6.08 Å². The Balaban J connectivity index is 1.56. The van der Waals surface area contributed by atoms with Gasteiger partial charge in [0.2, 0.25) is 5.95 Å². The van der Waals surface area contributed by atoms with Crippen molar-refractivity contribution in [1.82, 2.24) is 9.97 Å². The zero-order valence-corrected chi connectivity index (χ0v) is 13.7. The maximum absolute atomic E-state index is 12.5. The van der Waals surface area contributed by atoms with Crippen LogP contribution in [0.1, 0.15) is 27.0 Å². The van der Waals surface area contributed by atoms with Gasteiger partial charge in [-0.2, -0.15) is 0 Å². The lowest BCUT2D eigenvalue weighted by atomic mass is 10.0. The first-order valence-electron chi connectivity index (χ1n) is 8.21. The molecule has 24 heavy (non-hydrogen) atoms. The molecular weight excluding hydrogens is 302 g/mol. The lowest BCUT2D eigenvalue weighted by molar-refractivity contribution is 0.104. The van der Waals surface area contributed by atoms with Gasteiger partial charge in [0.25, 0.3) is 0 Å². The number of benzene rings is 1. The van der Waals surface area contributed by atoms with Crippen molar-refractivity contribution in [1.29, 1.82) is 0 Å². The highest BCUT2D eigenvalue weighted by molar-refractivity contribution is 6.15. The van der Waals surface area contributed by atoms with Crippen LogP contribution < -0.4 is 4.90 Å². The fourth-order valence-electron chi connectivity index (χ4n) is 3.24. The fraction of sp³-hybridized carbons (Fsp3) is 0.316. The number of aryl methyl sites for hydroxylation is 1. The first-order chi connectivity index (χ1) is 11.7. The standard InChI is InChI=1S/C19H19N3O2/c1-13-3-2-4-16-17(13)10-15(18(16)23)9-14-11-20-19(21-12-14)22-5-7-24-8-6-22/h2-4,9,11-12H,5-8,10H2,1H3. The molecule has 5 heteroatoms. The number of carbonyl (C=O) groups excluding carboxylic acids is 1. The molecule has 1 saturated heterocycles. The number of Topliss-reactive ketones (excluding diaryl/α,β-unsaturated/α-hetero) is 1. The maximum Gasteiger partial charge on any atom is 0.225 e. The molecule has 5 nitrogen and oxygen atoms in total. The number of anilines is 1. The first-order valence-corrected chi connectivity index (χ1v) is 8.21. The molecule has 0 spiro atoms. The monoisotopic (exact) mass is 321 g/mol. The SMILES string of the molecule is Cc1cccc2c1CC(=Cc1cnc(N3CCOCC3)nc1)C2=O. The van der Waals surface area contributed by atoms with Crippen molar-refractivity contribution >= 4 is 17.8 Å². The van der Waals surface area contributed by atoms with Gasteiger partial charge in [-0.15, -0.1) is 0 Å². The molecule has 0 amide bonds. The summed E-state index contributed by atoms with van der Waals surface area (Å²) in [5, 5.41) is 0. The lowest BCUT2D eigenvalue weighted by Crippen LogP contribution is -2.37. The molecule has 1 aliphatic heterocycles. The van der Waals surface area contributed by atoms with Crippen LogP contribution in [0.4, 0.5) is 5.95 Å². The van der Waals surface area contributed by atoms with E-state index in [1.54, 1.807) is 12.4 Å². The second kappa shape index (κ2) is 6.17. The summed E-state index contributed by atoms with van der Waals surface area (Å²) in [4.78, 5) is 23.5. The van der Waals surface area contributed by atoms with Gasteiger partial charge in [0, 0.05) is 48.6 Å². The van der Waals surface area contributed by atoms with E-state index in [9.17, 15) is 4.79 Å². The summed E-state index contributed by atoms with van der Waals surface area (Å²) in [6.07, 6.45) is 6.17. The van der Waals surface area contributed by atoms with Crippen LogP contribution in [0.15, 0.2) is 36.2 Å². The predicted molar refractivity (Wildman–Crippen MR) is 92.3 cm³/mol. The topological polar surface area (TPSA) is 55.3 Å². The van der Waals surface area contributed by atoms with E-state index in [4.69, 9.17) is 4.74 Å². The van der Waals surface area contributed by atoms with E-state index in [1.807, 2.05) is 18.2 Å². The van der Waals surface area contributed by atoms with Gasteiger partial charge in [0.15, 0.2) is 5.78 Å². The molecule has 0 bridgehead atoms. The zero-order valence-electron chi connectivity index (χ0n) is 13.7. The first kappa shape index (κ1) is 15.0. The number of carbonyl (C=O) groups is 1. The van der Waals surface area contributed by atoms with Gasteiger partial charge in [-0.3, -0.25) is 4.79 Å². The average molecular weight is 321 g/mol. The summed E-state index contributed by atoms with van der Waals surface area (Å²) >= 11 is 0. The molecule has 122 valence electrons. The number of ether oxygens (including phenoxy) is 1. The smallest absolute Gasteiger partial charge is 0.225 e. The van der Waals surface area contributed by atoms with E-state index < -0.39 is 0 Å². The summed E-state index contributed by atoms with van der Waals surface area (Å²) in [5.74, 6) is 0.836. The third kappa shape index (κ3) is 2.71. The number of morpholine rings is 1. The van der Waals surface area contributed by atoms with Crippen LogP contribution in [-0.4, -0.2) is 42.1 Å². The molecule has 0 N–H and O–H groups in total. The van der Waals surface area contributed by atoms with Gasteiger partial charge < -0.3 is 9.64 Å². The minimum atomic E-state index is 0.117. The molecule has 2 aromatic rings. The van der Waals surface area contributed by atoms with E-state index in [2.05, 4.69) is 27.9 Å². The summed E-state index contributed by atoms with van der Waals surface area (Å²) in [6.45, 7) is 5.10. The minimum Gasteiger partial charge on any atom is -0.378 e. The Morgan fingerprint density at radius 1 is 1.17 bits per heavy atom. The molecule has 2 aliphatic rings. The Hall–Kier alpha value is -2.53. The van der Waals surface area contributed by atoms with Crippen LogP contribution in [0.3, 0.4) is 0 Å². The highest BCUT2D eigenvalue weighted by Crippen LogP contribution is 2.29. The van der Waals surface area contributed by atoms with Crippen molar-refractivity contribution < 1.29 is 9.53 Å². The number of hydrogen-bond donors (Lipinski definition) is 0.